The van der Waals surface area contributed by atoms with Crippen LogP contribution in [0.3, 0.4) is 0 Å². The highest BCUT2D eigenvalue weighted by atomic mass is 32.2. The van der Waals surface area contributed by atoms with E-state index in [9.17, 15) is 57.7 Å². The molecule has 17 N–H and O–H groups in total. The first-order chi connectivity index (χ1) is 64.7. The number of amides is 15. The molecular weight excluding hydrogens is 1800 g/mol. The molecule has 4 heterocycles. The number of unbranched alkanes of at least 4 members (excludes halogenated alkanes) is 2. The summed E-state index contributed by atoms with van der Waals surface area (Å²) in [5.41, 5.74) is 13.0. The smallest absolute Gasteiger partial charge is 0.305 e. The standard InChI is InChI=1S/C94H119F4N17O20S/c1-7-8-24-73-93(134)115-39-18-26-72(115)88(129)108-68(47-79(121)122)86(127)110-81(52(2)3)94(135)112(5)74(44-53-19-10-9-11-20-53)89(130)105-65(35-36-78(119)120)91(132)114-38-17-15-25-71(114)87(128)107-67(46-57-48-101-63-22-13-12-21-60(57)63)85(126)106-66(42-54-29-33-59(116)34-30-54)84(125)104-64(23-14-16-37-99)83(124)109-70(82(123)102-49-76(100)117)50-136-51-77(118)103-69(43-56-40-61(96)80(98)62(97)41-56)90(131)113(6)75(92(133)111(73)4)45-55-27-31-58(95)32-28-55/h9-13,19-22,27-34,40-41,48,52,64-75,81,101,116H,7-8,14-18,23-26,35-39,42-47,49-51,99H2,1-6H3,(H2,100,117)(H,102,123)(H,103,118)(H,104,125)(H,105,130)(H,106,126)(H,107,128)(H,108,129)(H,109,124)(H,110,127)(H,119,120)(H,121,122)/t64-,65-,66-,67-,68-,69-,70-,71+,72+,73-,74-,75?,81-/m0/s1. The number of halogens is 4. The number of nitrogens with two attached hydrogens (primary N) is 2. The summed E-state index contributed by atoms with van der Waals surface area (Å²) < 4.78 is 59.8. The molecule has 13 atom stereocenters. The van der Waals surface area contributed by atoms with Crippen LogP contribution in [0.4, 0.5) is 17.6 Å². The Morgan fingerprint density at radius 3 is 1.69 bits per heavy atom. The van der Waals surface area contributed by atoms with Gasteiger partial charge in [-0.3, -0.25) is 81.5 Å². The van der Waals surface area contributed by atoms with E-state index in [2.05, 4.69) is 52.8 Å². The summed E-state index contributed by atoms with van der Waals surface area (Å²) in [5.74, 6) is -26.9. The minimum absolute atomic E-state index is 0.0653. The maximum absolute atomic E-state index is 15.7. The van der Waals surface area contributed by atoms with Crippen LogP contribution < -0.4 is 59.3 Å². The first-order valence-corrected chi connectivity index (χ1v) is 46.3. The third-order valence-corrected chi connectivity index (χ3v) is 25.3. The highest BCUT2D eigenvalue weighted by Crippen LogP contribution is 2.29. The zero-order chi connectivity index (χ0) is 99.3. The van der Waals surface area contributed by atoms with Crippen molar-refractivity contribution >= 4 is 123 Å². The molecule has 0 aliphatic carbocycles. The number of rotatable bonds is 26. The first kappa shape index (κ1) is 106. The number of benzene rings is 5. The Kier molecular flexibility index (Phi) is 39.6. The number of nitrogens with zero attached hydrogens (tertiary/aromatic N) is 5. The van der Waals surface area contributed by atoms with Gasteiger partial charge in [-0.15, -0.1) is 11.8 Å². The molecule has 0 bridgehead atoms. The van der Waals surface area contributed by atoms with Crippen molar-refractivity contribution in [3.05, 3.63) is 173 Å². The predicted molar refractivity (Wildman–Crippen MR) is 489 cm³/mol. The Hall–Kier alpha value is -13.5. The SMILES string of the molecule is CCCC[C@H]1C(=O)N2CCC[C@@H]2C(=O)N[C@@H](CC(=O)O)C(=O)N[C@@H](C(C)C)C(=O)N(C)[C@@H](Cc2ccccc2)C(=O)N[C@@H](CCC(=O)O)C(=O)N2CCCC[C@@H]2C(=O)N[C@@H](Cc2c[nH]c3ccccc23)C(=O)N[C@@H](Cc2ccc(O)cc2)C(=O)N[C@@H](CCCCN)C(=O)N[C@H](C(=O)NCC(N)=O)CSCC(=O)N[C@@H](Cc2cc(F)c(F)c(F)c2)C(=O)N(C)C(Cc2ccc(F)cc2)C(=O)N1C. The van der Waals surface area contributed by atoms with Gasteiger partial charge in [0.25, 0.3) is 0 Å². The quantitative estimate of drug-likeness (QED) is 0.0210. The molecule has 3 saturated heterocycles. The number of phenolic OH excluding ortho intramolecular Hbond substituents is 1. The minimum atomic E-state index is -1.99. The summed E-state index contributed by atoms with van der Waals surface area (Å²) in [4.78, 5) is 259. The van der Waals surface area contributed by atoms with Crippen molar-refractivity contribution in [2.24, 2.45) is 17.4 Å². The van der Waals surface area contributed by atoms with Gasteiger partial charge in [-0.25, -0.2) is 17.6 Å². The summed E-state index contributed by atoms with van der Waals surface area (Å²) >= 11 is 0.630. The zero-order valence-corrected chi connectivity index (χ0v) is 77.2. The number of aromatic nitrogens is 1. The number of fused-ring (bicyclic) bond motifs is 3. The van der Waals surface area contributed by atoms with Crippen LogP contribution in [0, 0.1) is 29.2 Å². The number of aromatic hydroxyl groups is 1. The van der Waals surface area contributed by atoms with E-state index >= 15 is 56.7 Å². The van der Waals surface area contributed by atoms with Crippen LogP contribution in [0.15, 0.2) is 121 Å². The molecule has 1 aromatic heterocycles. The normalized spacial score (nSPS) is 23.4. The van der Waals surface area contributed by atoms with E-state index in [1.54, 1.807) is 67.7 Å². The molecule has 0 saturated carbocycles. The lowest BCUT2D eigenvalue weighted by Crippen LogP contribution is -2.63. The molecule has 3 aliphatic heterocycles. The lowest BCUT2D eigenvalue weighted by Gasteiger charge is -2.38. The molecule has 3 fully saturated rings. The number of phenols is 1. The third kappa shape index (κ3) is 29.7. The molecule has 9 rings (SSSR count). The second-order valence-corrected chi connectivity index (χ2v) is 35.6. The number of para-hydroxylation sites is 1. The van der Waals surface area contributed by atoms with E-state index in [-0.39, 0.29) is 108 Å². The Balaban J connectivity index is 1.15. The van der Waals surface area contributed by atoms with Gasteiger partial charge in [-0.1, -0.05) is 106 Å². The molecule has 3 aliphatic rings. The van der Waals surface area contributed by atoms with Crippen LogP contribution in [0.25, 0.3) is 10.9 Å². The minimum Gasteiger partial charge on any atom is -0.508 e. The van der Waals surface area contributed by atoms with Crippen molar-refractivity contribution in [3.63, 3.8) is 0 Å². The highest BCUT2D eigenvalue weighted by Gasteiger charge is 2.46. The Bertz CT molecular complexity index is 5270. The van der Waals surface area contributed by atoms with Crippen LogP contribution in [0.1, 0.15) is 138 Å². The van der Waals surface area contributed by atoms with Gasteiger partial charge in [0.15, 0.2) is 17.5 Å². The number of H-pyrrole nitrogens is 1. The fourth-order valence-corrected chi connectivity index (χ4v) is 17.6. The number of hydrogen-bond acceptors (Lipinski definition) is 20. The molecule has 6 aromatic rings. The van der Waals surface area contributed by atoms with Gasteiger partial charge in [-0.2, -0.15) is 0 Å². The number of primary amides is 1. The number of nitrogens with one attached hydrogen (secondary N) is 10. The molecular formula is C94H119F4N17O20S. The molecule has 0 spiro atoms. The maximum atomic E-state index is 15.7. The predicted octanol–water partition coefficient (Wildman–Crippen LogP) is 2.34. The Morgan fingerprint density at radius 1 is 0.507 bits per heavy atom. The molecule has 734 valence electrons. The number of likely N-dealkylation sites (N-methyl/N-ethyl adjacent to an activating group) is 3. The van der Waals surface area contributed by atoms with Crippen molar-refractivity contribution in [1.82, 2.24) is 77.3 Å². The monoisotopic (exact) mass is 1910 g/mol. The summed E-state index contributed by atoms with van der Waals surface area (Å²) in [7, 11) is 3.56. The van der Waals surface area contributed by atoms with Crippen molar-refractivity contribution in [2.75, 3.05) is 58.8 Å². The molecule has 5 aromatic carbocycles. The lowest BCUT2D eigenvalue weighted by molar-refractivity contribution is -0.152. The van der Waals surface area contributed by atoms with Gasteiger partial charge in [0, 0.05) is 95.6 Å². The van der Waals surface area contributed by atoms with Gasteiger partial charge in [0.2, 0.25) is 88.6 Å². The van der Waals surface area contributed by atoms with E-state index in [1.807, 2.05) is 0 Å². The van der Waals surface area contributed by atoms with Crippen molar-refractivity contribution in [2.45, 2.75) is 221 Å². The number of aliphatic carboxylic acids is 2. The number of carbonyl (C=O) groups excluding carboxylic acids is 15. The van der Waals surface area contributed by atoms with E-state index in [0.29, 0.717) is 64.3 Å². The third-order valence-electron chi connectivity index (χ3n) is 24.2. The number of carboxylic acid groups (broad SMARTS) is 2. The average molecular weight is 1920 g/mol. The second-order valence-electron chi connectivity index (χ2n) is 34.5. The second kappa shape index (κ2) is 50.7. The molecule has 0 radical (unpaired) electrons. The van der Waals surface area contributed by atoms with Gasteiger partial charge in [0.05, 0.1) is 18.7 Å². The van der Waals surface area contributed by atoms with Crippen molar-refractivity contribution < 1.29 is 114 Å². The zero-order valence-electron chi connectivity index (χ0n) is 76.4. The Labute approximate surface area is 787 Å². The molecule has 15 amide bonds. The summed E-state index contributed by atoms with van der Waals surface area (Å²) in [6.45, 7) is 3.76. The van der Waals surface area contributed by atoms with E-state index in [1.165, 1.54) is 64.3 Å². The number of carboxylic acids is 2. The summed E-state index contributed by atoms with van der Waals surface area (Å²) in [5, 5.41) is 54.9. The van der Waals surface area contributed by atoms with Crippen molar-refractivity contribution in [1.29, 1.82) is 0 Å². The van der Waals surface area contributed by atoms with Gasteiger partial charge >= 0.3 is 11.9 Å². The van der Waals surface area contributed by atoms with Crippen molar-refractivity contribution in [3.8, 4) is 5.75 Å². The summed E-state index contributed by atoms with van der Waals surface area (Å²) in [6.07, 6.45) is -1.88. The van der Waals surface area contributed by atoms with Crippen LogP contribution >= 0.6 is 11.8 Å². The van der Waals surface area contributed by atoms with Gasteiger partial charge in [0.1, 0.15) is 90.1 Å². The molecule has 136 heavy (non-hydrogen) atoms. The van der Waals surface area contributed by atoms with Crippen LogP contribution in [0.5, 0.6) is 5.75 Å². The number of carbonyl (C=O) groups is 17. The lowest BCUT2D eigenvalue weighted by atomic mass is 9.97. The van der Waals surface area contributed by atoms with E-state index in [0.717, 1.165) is 43.7 Å². The fourth-order valence-electron chi connectivity index (χ4n) is 16.7. The molecule has 37 nitrogen and oxygen atoms in total. The van der Waals surface area contributed by atoms with Crippen LogP contribution in [-0.2, 0) is 114 Å². The van der Waals surface area contributed by atoms with Crippen LogP contribution in [0.2, 0.25) is 0 Å². The maximum Gasteiger partial charge on any atom is 0.305 e. The number of hydrogen-bond donors (Lipinski definition) is 15. The largest absolute Gasteiger partial charge is 0.508 e. The first-order valence-electron chi connectivity index (χ1n) is 45.1. The summed E-state index contributed by atoms with van der Waals surface area (Å²) in [6, 6.07) is 4.54. The molecule has 1 unspecified atom stereocenters. The number of aromatic amines is 1. The topological polar surface area (TPSA) is 543 Å². The molecule has 42 heteroatoms. The van der Waals surface area contributed by atoms with Crippen LogP contribution in [-0.4, -0.2) is 283 Å². The van der Waals surface area contributed by atoms with E-state index < -0.39 is 264 Å². The average Bonchev–Trinajstić information content (AvgIpc) is 1.38. The number of piperidine rings is 1. The van der Waals surface area contributed by atoms with Gasteiger partial charge < -0.3 is 104 Å². The Morgan fingerprint density at radius 2 is 1.05 bits per heavy atom. The van der Waals surface area contributed by atoms with Gasteiger partial charge in [-0.05, 0) is 147 Å². The number of thioether (sulfide) groups is 1. The van der Waals surface area contributed by atoms with E-state index in [4.69, 9.17) is 11.5 Å². The highest BCUT2D eigenvalue weighted by molar-refractivity contribution is 8.00. The fraction of sp³-hybridized carbons (Fsp3) is 0.479.